The van der Waals surface area contributed by atoms with E-state index in [-0.39, 0.29) is 70.4 Å². The van der Waals surface area contributed by atoms with Crippen molar-refractivity contribution in [2.24, 2.45) is 0 Å². The maximum Gasteiger partial charge on any atom is 0.226 e. The average Bonchev–Trinajstić information content (AvgIpc) is 2.96. The molecule has 2 heterocycles. The predicted molar refractivity (Wildman–Crippen MR) is 128 cm³/mol. The maximum absolute atomic E-state index is 13.6. The molecule has 194 valence electrons. The Labute approximate surface area is 209 Å². The summed E-state index contributed by atoms with van der Waals surface area (Å²) in [5.74, 6) is -1.56. The molecule has 10 nitrogen and oxygen atoms in total. The van der Waals surface area contributed by atoms with Crippen molar-refractivity contribution in [3.8, 4) is 0 Å². The van der Waals surface area contributed by atoms with Crippen molar-refractivity contribution in [2.75, 3.05) is 42.0 Å². The first kappa shape index (κ1) is 26.2. The molecule has 0 saturated carbocycles. The number of hydrogen-bond acceptors (Lipinski definition) is 10. The quantitative estimate of drug-likeness (QED) is 0.533. The highest BCUT2D eigenvalue weighted by Crippen LogP contribution is 2.44. The summed E-state index contributed by atoms with van der Waals surface area (Å²) in [6.45, 7) is 3.09. The fourth-order valence-corrected chi connectivity index (χ4v) is 6.13. The number of carbonyl (C=O) groups is 4. The summed E-state index contributed by atoms with van der Waals surface area (Å²) in [5, 5.41) is 11.5. The van der Waals surface area contributed by atoms with Crippen LogP contribution in [0.1, 0.15) is 26.7 Å². The van der Waals surface area contributed by atoms with Gasteiger partial charge in [-0.05, 0) is 34.4 Å². The normalized spacial score (nSPS) is 29.6. The van der Waals surface area contributed by atoms with Crippen LogP contribution in [-0.2, 0) is 33.4 Å². The van der Waals surface area contributed by atoms with Gasteiger partial charge in [0.15, 0.2) is 23.1 Å². The van der Waals surface area contributed by atoms with E-state index < -0.39 is 35.9 Å². The molecule has 4 unspecified atom stereocenters. The number of hydrogen-bond donors (Lipinski definition) is 1. The molecule has 0 aromatic carbocycles. The van der Waals surface area contributed by atoms with Gasteiger partial charge >= 0.3 is 0 Å². The molecule has 0 radical (unpaired) electrons. The second-order valence-corrected chi connectivity index (χ2v) is 9.70. The second kappa shape index (κ2) is 9.51. The van der Waals surface area contributed by atoms with Crippen LogP contribution < -0.4 is 0 Å². The second-order valence-electron chi connectivity index (χ2n) is 9.70. The number of allylic oxidation sites excluding steroid dienone is 4. The van der Waals surface area contributed by atoms with Gasteiger partial charge in [-0.3, -0.25) is 24.1 Å². The summed E-state index contributed by atoms with van der Waals surface area (Å²) >= 11 is 0. The highest BCUT2D eigenvalue weighted by molar-refractivity contribution is 6.26. The van der Waals surface area contributed by atoms with Gasteiger partial charge in [0.05, 0.1) is 32.9 Å². The Balaban J connectivity index is 1.94. The van der Waals surface area contributed by atoms with Crippen LogP contribution in [0.4, 0.5) is 0 Å². The minimum absolute atomic E-state index is 0.00869. The number of fused-ring (bicyclic) bond motifs is 1. The first-order chi connectivity index (χ1) is 17.0. The summed E-state index contributed by atoms with van der Waals surface area (Å²) in [5.41, 5.74) is 1.41. The van der Waals surface area contributed by atoms with Gasteiger partial charge in [-0.25, -0.2) is 0 Å². The van der Waals surface area contributed by atoms with Crippen molar-refractivity contribution < 1.29 is 38.5 Å². The summed E-state index contributed by atoms with van der Waals surface area (Å²) in [6.07, 6.45) is -1.24. The van der Waals surface area contributed by atoms with Crippen molar-refractivity contribution in [1.82, 2.24) is 9.80 Å². The molecule has 0 bridgehead atoms. The molecule has 0 aromatic rings. The number of ether oxygens (including phenoxy) is 3. The molecule has 0 saturated heterocycles. The van der Waals surface area contributed by atoms with E-state index in [1.165, 1.54) is 28.3 Å². The standard InChI is InChI=1S/C26H32N2O8/c1-11-21(30)13-8-15-20(27(3)4)19-14(22(31)12(2)26(36-7)24(19)33)9-17(29)28(15)16(10-34-5)18(13)23(32)25(11)35-6/h15-17,20,29H,8-10H2,1-7H3. The number of carbonyl (C=O) groups excluding carboxylic acids is 4. The van der Waals surface area contributed by atoms with Crippen molar-refractivity contribution in [2.45, 2.75) is 51.0 Å². The van der Waals surface area contributed by atoms with Gasteiger partial charge in [-0.1, -0.05) is 0 Å². The third-order valence-corrected chi connectivity index (χ3v) is 7.63. The van der Waals surface area contributed by atoms with Crippen LogP contribution >= 0.6 is 0 Å². The monoisotopic (exact) mass is 500 g/mol. The number of ketones is 4. The van der Waals surface area contributed by atoms with E-state index >= 15 is 0 Å². The number of rotatable bonds is 5. The Bertz CT molecular complexity index is 1190. The summed E-state index contributed by atoms with van der Waals surface area (Å²) in [6, 6.07) is -2.07. The molecule has 0 aromatic heterocycles. The molecular weight excluding hydrogens is 468 g/mol. The zero-order chi connectivity index (χ0) is 26.6. The predicted octanol–water partition coefficient (Wildman–Crippen LogP) is 0.466. The third kappa shape index (κ3) is 3.62. The van der Waals surface area contributed by atoms with Crippen molar-refractivity contribution in [3.05, 3.63) is 45.0 Å². The minimum Gasteiger partial charge on any atom is -0.492 e. The molecule has 0 spiro atoms. The van der Waals surface area contributed by atoms with Gasteiger partial charge in [-0.15, -0.1) is 0 Å². The number of aliphatic hydroxyl groups is 1. The van der Waals surface area contributed by atoms with Gasteiger partial charge in [0, 0.05) is 53.0 Å². The fourth-order valence-electron chi connectivity index (χ4n) is 6.13. The molecule has 2 aliphatic heterocycles. The van der Waals surface area contributed by atoms with E-state index in [0.29, 0.717) is 5.57 Å². The first-order valence-corrected chi connectivity index (χ1v) is 11.8. The smallest absolute Gasteiger partial charge is 0.226 e. The van der Waals surface area contributed by atoms with Crippen LogP contribution in [-0.4, -0.2) is 104 Å². The summed E-state index contributed by atoms with van der Waals surface area (Å²) in [7, 11) is 7.71. The molecular formula is C26H32N2O8. The van der Waals surface area contributed by atoms with Crippen LogP contribution in [0.5, 0.6) is 0 Å². The molecule has 0 amide bonds. The lowest BCUT2D eigenvalue weighted by Crippen LogP contribution is -2.62. The molecule has 10 heteroatoms. The van der Waals surface area contributed by atoms with Crippen LogP contribution in [0.2, 0.25) is 0 Å². The van der Waals surface area contributed by atoms with E-state index in [9.17, 15) is 24.3 Å². The Hall–Kier alpha value is -2.92. The SMILES string of the molecule is COCC1C2=C(CC3C(N(C)C)C4=C(CC(O)N13)C(=O)C(C)=C(OC)C4=O)C(=O)C(C)=C(OC)C2=O. The highest BCUT2D eigenvalue weighted by Gasteiger charge is 2.54. The molecule has 2 aliphatic carbocycles. The first-order valence-electron chi connectivity index (χ1n) is 11.8. The number of Topliss-reactive ketones (excluding diaryl/α,β-unsaturated/α-hetero) is 4. The van der Waals surface area contributed by atoms with E-state index in [4.69, 9.17) is 14.2 Å². The molecule has 4 atom stereocenters. The summed E-state index contributed by atoms with van der Waals surface area (Å²) in [4.78, 5) is 57.4. The van der Waals surface area contributed by atoms with Crippen molar-refractivity contribution in [3.63, 3.8) is 0 Å². The fraction of sp³-hybridized carbons (Fsp3) is 0.538. The van der Waals surface area contributed by atoms with Gasteiger partial charge in [0.25, 0.3) is 0 Å². The molecule has 4 rings (SSSR count). The maximum atomic E-state index is 13.6. The van der Waals surface area contributed by atoms with E-state index in [0.717, 1.165) is 0 Å². The van der Waals surface area contributed by atoms with Crippen LogP contribution in [0.25, 0.3) is 0 Å². The highest BCUT2D eigenvalue weighted by atomic mass is 16.5. The van der Waals surface area contributed by atoms with Gasteiger partial charge in [0.2, 0.25) is 11.6 Å². The third-order valence-electron chi connectivity index (χ3n) is 7.63. The van der Waals surface area contributed by atoms with Crippen LogP contribution in [0.15, 0.2) is 45.0 Å². The lowest BCUT2D eigenvalue weighted by atomic mass is 9.75. The molecule has 36 heavy (non-hydrogen) atoms. The Morgan fingerprint density at radius 1 is 0.833 bits per heavy atom. The lowest BCUT2D eigenvalue weighted by Gasteiger charge is -2.49. The van der Waals surface area contributed by atoms with Crippen molar-refractivity contribution >= 4 is 23.1 Å². The summed E-state index contributed by atoms with van der Waals surface area (Å²) < 4.78 is 16.1. The van der Waals surface area contributed by atoms with Crippen LogP contribution in [0, 0.1) is 0 Å². The van der Waals surface area contributed by atoms with Gasteiger partial charge in [0.1, 0.15) is 6.23 Å². The van der Waals surface area contributed by atoms with Gasteiger partial charge < -0.3 is 24.2 Å². The van der Waals surface area contributed by atoms with Gasteiger partial charge in [-0.2, -0.15) is 0 Å². The van der Waals surface area contributed by atoms with E-state index in [1.807, 2.05) is 0 Å². The molecule has 1 N–H and O–H groups in total. The average molecular weight is 501 g/mol. The Morgan fingerprint density at radius 2 is 1.33 bits per heavy atom. The van der Waals surface area contributed by atoms with Crippen LogP contribution in [0.3, 0.4) is 0 Å². The Kier molecular flexibility index (Phi) is 6.91. The molecule has 4 aliphatic rings. The van der Waals surface area contributed by atoms with E-state index in [1.54, 1.807) is 30.8 Å². The Morgan fingerprint density at radius 3 is 1.81 bits per heavy atom. The van der Waals surface area contributed by atoms with Crippen molar-refractivity contribution in [1.29, 1.82) is 0 Å². The number of aliphatic hydroxyl groups excluding tert-OH is 1. The number of nitrogens with zero attached hydrogens (tertiary/aromatic N) is 2. The zero-order valence-electron chi connectivity index (χ0n) is 21.6. The number of methoxy groups -OCH3 is 3. The number of likely N-dealkylation sites (N-methyl/N-ethyl adjacent to an activating group) is 1. The minimum atomic E-state index is -1.21. The zero-order valence-corrected chi connectivity index (χ0v) is 21.6. The molecule has 0 fully saturated rings. The largest absolute Gasteiger partial charge is 0.492 e. The lowest BCUT2D eigenvalue weighted by molar-refractivity contribution is -0.124. The van der Waals surface area contributed by atoms with E-state index in [2.05, 4.69) is 0 Å². The topological polar surface area (TPSA) is 123 Å².